The second-order valence-corrected chi connectivity index (χ2v) is 4.86. The topological polar surface area (TPSA) is 33.2 Å². The van der Waals surface area contributed by atoms with E-state index in [2.05, 4.69) is 4.98 Å². The van der Waals surface area contributed by atoms with Gasteiger partial charge in [-0.3, -0.25) is 9.78 Å². The van der Waals surface area contributed by atoms with Crippen molar-refractivity contribution in [2.45, 2.75) is 26.3 Å². The molecule has 0 unspecified atom stereocenters. The van der Waals surface area contributed by atoms with Crippen LogP contribution in [-0.2, 0) is 0 Å². The number of pyridine rings is 1. The Morgan fingerprint density at radius 3 is 2.47 bits per heavy atom. The number of aromatic nitrogens is 1. The maximum Gasteiger partial charge on any atom is 0.255 e. The van der Waals surface area contributed by atoms with E-state index >= 15 is 0 Å². The van der Waals surface area contributed by atoms with Gasteiger partial charge in [0, 0.05) is 25.0 Å². The van der Waals surface area contributed by atoms with E-state index in [0.29, 0.717) is 10.6 Å². The van der Waals surface area contributed by atoms with Crippen LogP contribution in [0.4, 0.5) is 0 Å². The Balaban J connectivity index is 2.95. The van der Waals surface area contributed by atoms with Crippen LogP contribution in [0.3, 0.4) is 0 Å². The van der Waals surface area contributed by atoms with Crippen molar-refractivity contribution in [3.05, 3.63) is 29.0 Å². The van der Waals surface area contributed by atoms with Crippen LogP contribution >= 0.6 is 11.6 Å². The molecule has 0 saturated carbocycles. The van der Waals surface area contributed by atoms with E-state index in [0.717, 1.165) is 0 Å². The van der Waals surface area contributed by atoms with Crippen LogP contribution in [0, 0.1) is 0 Å². The minimum Gasteiger partial charge on any atom is -0.337 e. The number of carbonyl (C=O) groups is 1. The zero-order valence-corrected chi connectivity index (χ0v) is 10.2. The fourth-order valence-electron chi connectivity index (χ4n) is 1.03. The number of carbonyl (C=O) groups excluding carboxylic acids is 1. The molecule has 0 aliphatic carbocycles. The Hall–Kier alpha value is -1.09. The zero-order chi connectivity index (χ0) is 11.6. The number of rotatable bonds is 1. The van der Waals surface area contributed by atoms with E-state index in [4.69, 9.17) is 11.6 Å². The van der Waals surface area contributed by atoms with Crippen molar-refractivity contribution in [2.75, 3.05) is 7.05 Å². The molecule has 0 saturated heterocycles. The number of nitrogens with zero attached hydrogens (tertiary/aromatic N) is 2. The molecular weight excluding hydrogens is 212 g/mol. The maximum absolute atomic E-state index is 12.0. The van der Waals surface area contributed by atoms with Gasteiger partial charge in [-0.1, -0.05) is 11.6 Å². The molecule has 0 N–H and O–H groups in total. The minimum atomic E-state index is -0.209. The highest BCUT2D eigenvalue weighted by Crippen LogP contribution is 2.16. The third kappa shape index (κ3) is 2.93. The highest BCUT2D eigenvalue weighted by molar-refractivity contribution is 6.30. The van der Waals surface area contributed by atoms with Crippen molar-refractivity contribution < 1.29 is 4.79 Å². The lowest BCUT2D eigenvalue weighted by Crippen LogP contribution is -2.42. The fourth-order valence-corrected chi connectivity index (χ4v) is 1.20. The molecule has 3 nitrogen and oxygen atoms in total. The van der Waals surface area contributed by atoms with Crippen molar-refractivity contribution in [1.82, 2.24) is 9.88 Å². The van der Waals surface area contributed by atoms with E-state index in [1.165, 1.54) is 12.4 Å². The van der Waals surface area contributed by atoms with Gasteiger partial charge in [0.05, 0.1) is 10.6 Å². The first-order valence-electron chi connectivity index (χ1n) is 4.71. The van der Waals surface area contributed by atoms with Crippen molar-refractivity contribution in [1.29, 1.82) is 0 Å². The predicted molar refractivity (Wildman–Crippen MR) is 61.1 cm³/mol. The molecule has 1 aromatic rings. The molecule has 0 radical (unpaired) electrons. The summed E-state index contributed by atoms with van der Waals surface area (Å²) in [5.74, 6) is -0.0718. The monoisotopic (exact) mass is 226 g/mol. The van der Waals surface area contributed by atoms with Crippen molar-refractivity contribution in [3.63, 3.8) is 0 Å². The largest absolute Gasteiger partial charge is 0.337 e. The molecule has 0 spiro atoms. The van der Waals surface area contributed by atoms with Gasteiger partial charge in [0.15, 0.2) is 0 Å². The molecule has 0 aliphatic rings. The Bertz CT molecular complexity index is 371. The summed E-state index contributed by atoms with van der Waals surface area (Å²) in [4.78, 5) is 17.5. The molecule has 15 heavy (non-hydrogen) atoms. The molecule has 0 atom stereocenters. The predicted octanol–water partition coefficient (Wildman–Crippen LogP) is 2.61. The zero-order valence-electron chi connectivity index (χ0n) is 9.41. The number of hydrogen-bond acceptors (Lipinski definition) is 2. The molecule has 0 fully saturated rings. The number of hydrogen-bond donors (Lipinski definition) is 0. The lowest BCUT2D eigenvalue weighted by molar-refractivity contribution is 0.0655. The lowest BCUT2D eigenvalue weighted by Gasteiger charge is -2.31. The average molecular weight is 227 g/mol. The van der Waals surface area contributed by atoms with Gasteiger partial charge < -0.3 is 4.90 Å². The Morgan fingerprint density at radius 1 is 1.40 bits per heavy atom. The minimum absolute atomic E-state index is 0.0718. The van der Waals surface area contributed by atoms with Gasteiger partial charge in [0.2, 0.25) is 0 Å². The summed E-state index contributed by atoms with van der Waals surface area (Å²) in [6, 6.07) is 1.62. The summed E-state index contributed by atoms with van der Waals surface area (Å²) in [5.41, 5.74) is 0.305. The van der Waals surface area contributed by atoms with Gasteiger partial charge in [-0.25, -0.2) is 0 Å². The highest BCUT2D eigenvalue weighted by atomic mass is 35.5. The SMILES string of the molecule is CN(C(=O)c1cncc(Cl)c1)C(C)(C)C. The second-order valence-electron chi connectivity index (χ2n) is 4.43. The average Bonchev–Trinajstić information content (AvgIpc) is 2.14. The van der Waals surface area contributed by atoms with E-state index in [1.807, 2.05) is 20.8 Å². The molecule has 0 bridgehead atoms. The molecule has 1 rings (SSSR count). The summed E-state index contributed by atoms with van der Waals surface area (Å²) in [5, 5.41) is 0.475. The molecule has 4 heteroatoms. The highest BCUT2D eigenvalue weighted by Gasteiger charge is 2.23. The molecule has 82 valence electrons. The van der Waals surface area contributed by atoms with Crippen LogP contribution in [-0.4, -0.2) is 28.4 Å². The van der Waals surface area contributed by atoms with Crippen LogP contribution in [0.5, 0.6) is 0 Å². The second kappa shape index (κ2) is 4.19. The molecular formula is C11H15ClN2O. The van der Waals surface area contributed by atoms with Crippen LogP contribution < -0.4 is 0 Å². The molecule has 0 aliphatic heterocycles. The normalized spacial score (nSPS) is 11.3. The van der Waals surface area contributed by atoms with Crippen molar-refractivity contribution >= 4 is 17.5 Å². The fraction of sp³-hybridized carbons (Fsp3) is 0.455. The smallest absolute Gasteiger partial charge is 0.255 e. The van der Waals surface area contributed by atoms with Gasteiger partial charge in [0.1, 0.15) is 0 Å². The quantitative estimate of drug-likeness (QED) is 0.738. The molecule has 1 aromatic heterocycles. The van der Waals surface area contributed by atoms with E-state index in [1.54, 1.807) is 18.0 Å². The third-order valence-electron chi connectivity index (χ3n) is 2.26. The number of amides is 1. The molecule has 1 heterocycles. The maximum atomic E-state index is 12.0. The summed E-state index contributed by atoms with van der Waals surface area (Å²) in [6.07, 6.45) is 3.03. The van der Waals surface area contributed by atoms with Gasteiger partial charge in [-0.05, 0) is 26.8 Å². The van der Waals surface area contributed by atoms with E-state index in [9.17, 15) is 4.79 Å². The Labute approximate surface area is 95.1 Å². The summed E-state index contributed by atoms with van der Waals surface area (Å²) in [7, 11) is 1.77. The van der Waals surface area contributed by atoms with Gasteiger partial charge in [0.25, 0.3) is 5.91 Å². The Morgan fingerprint density at radius 2 is 2.00 bits per heavy atom. The first-order chi connectivity index (χ1) is 6.82. The van der Waals surface area contributed by atoms with Crippen molar-refractivity contribution in [3.8, 4) is 0 Å². The van der Waals surface area contributed by atoms with Gasteiger partial charge in [-0.2, -0.15) is 0 Å². The molecule has 0 aromatic carbocycles. The van der Waals surface area contributed by atoms with Crippen molar-refractivity contribution in [2.24, 2.45) is 0 Å². The van der Waals surface area contributed by atoms with E-state index in [-0.39, 0.29) is 11.4 Å². The number of halogens is 1. The van der Waals surface area contributed by atoms with Crippen LogP contribution in [0.25, 0.3) is 0 Å². The molecule has 1 amide bonds. The first-order valence-corrected chi connectivity index (χ1v) is 5.09. The summed E-state index contributed by atoms with van der Waals surface area (Å²) >= 11 is 5.77. The van der Waals surface area contributed by atoms with Gasteiger partial charge in [-0.15, -0.1) is 0 Å². The summed E-state index contributed by atoms with van der Waals surface area (Å²) < 4.78 is 0. The van der Waals surface area contributed by atoms with Crippen LogP contribution in [0.15, 0.2) is 18.5 Å². The van der Waals surface area contributed by atoms with E-state index < -0.39 is 0 Å². The summed E-state index contributed by atoms with van der Waals surface area (Å²) in [6.45, 7) is 5.93. The van der Waals surface area contributed by atoms with Crippen LogP contribution in [0.2, 0.25) is 5.02 Å². The lowest BCUT2D eigenvalue weighted by atomic mass is 10.1. The first kappa shape index (κ1) is 12.0. The Kier molecular flexibility index (Phi) is 3.35. The van der Waals surface area contributed by atoms with Crippen LogP contribution in [0.1, 0.15) is 31.1 Å². The third-order valence-corrected chi connectivity index (χ3v) is 2.47. The standard InChI is InChI=1S/C11H15ClN2O/c1-11(2,3)14(4)10(15)8-5-9(12)7-13-6-8/h5-7H,1-4H3. The van der Waals surface area contributed by atoms with Gasteiger partial charge >= 0.3 is 0 Å².